The lowest BCUT2D eigenvalue weighted by molar-refractivity contribution is 0.163. The van der Waals surface area contributed by atoms with Crippen molar-refractivity contribution < 1.29 is 0 Å². The van der Waals surface area contributed by atoms with Crippen LogP contribution in [-0.2, 0) is 0 Å². The van der Waals surface area contributed by atoms with Gasteiger partial charge < -0.3 is 9.80 Å². The van der Waals surface area contributed by atoms with Crippen molar-refractivity contribution in [1.29, 1.82) is 0 Å². The van der Waals surface area contributed by atoms with Crippen molar-refractivity contribution in [3.8, 4) is 0 Å². The van der Waals surface area contributed by atoms with Crippen molar-refractivity contribution in [2.45, 2.75) is 167 Å². The Bertz CT molecular complexity index is 448. The predicted octanol–water partition coefficient (Wildman–Crippen LogP) is 10.0. The maximum absolute atomic E-state index is 2.82. The van der Waals surface area contributed by atoms with Crippen LogP contribution < -0.4 is 0 Å². The number of hydrogen-bond acceptors (Lipinski definition) is 2. The van der Waals surface area contributed by atoms with Gasteiger partial charge in [0.2, 0.25) is 0 Å². The fourth-order valence-electron chi connectivity index (χ4n) is 7.55. The summed E-state index contributed by atoms with van der Waals surface area (Å²) in [7, 11) is 0. The summed E-state index contributed by atoms with van der Waals surface area (Å²) in [5.74, 6) is 2.02. The van der Waals surface area contributed by atoms with E-state index in [1.54, 1.807) is 0 Å². The van der Waals surface area contributed by atoms with Crippen molar-refractivity contribution >= 4 is 0 Å². The van der Waals surface area contributed by atoms with Gasteiger partial charge in [0.15, 0.2) is 0 Å². The first-order valence-electron chi connectivity index (χ1n) is 17.3. The van der Waals surface area contributed by atoms with Crippen LogP contribution in [0.25, 0.3) is 0 Å². The van der Waals surface area contributed by atoms with Gasteiger partial charge in [-0.15, -0.1) is 0 Å². The molecule has 0 aromatic carbocycles. The third-order valence-electron chi connectivity index (χ3n) is 9.88. The van der Waals surface area contributed by atoms with Gasteiger partial charge in [-0.1, -0.05) is 116 Å². The van der Waals surface area contributed by atoms with E-state index in [0.29, 0.717) is 0 Å². The average molecular weight is 503 g/mol. The molecule has 0 aromatic rings. The lowest BCUT2D eigenvalue weighted by atomic mass is 9.91. The van der Waals surface area contributed by atoms with Gasteiger partial charge in [0.25, 0.3) is 0 Å². The third-order valence-corrected chi connectivity index (χ3v) is 9.88. The first-order chi connectivity index (χ1) is 17.9. The summed E-state index contributed by atoms with van der Waals surface area (Å²) < 4.78 is 0. The molecule has 0 saturated carbocycles. The predicted molar refractivity (Wildman–Crippen MR) is 160 cm³/mol. The van der Waals surface area contributed by atoms with Crippen LogP contribution >= 0.6 is 0 Å². The zero-order chi connectivity index (χ0) is 24.9. The van der Waals surface area contributed by atoms with E-state index in [4.69, 9.17) is 0 Å². The monoisotopic (exact) mass is 503 g/mol. The second kappa shape index (κ2) is 20.8. The molecule has 4 unspecified atom stereocenters. The number of rotatable bonds is 0. The van der Waals surface area contributed by atoms with Gasteiger partial charge in [-0.05, 0) is 89.4 Å². The van der Waals surface area contributed by atoms with Gasteiger partial charge >= 0.3 is 0 Å². The Morgan fingerprint density at radius 1 is 0.250 bits per heavy atom. The number of piperidine rings is 2. The fourth-order valence-corrected chi connectivity index (χ4v) is 7.55. The standard InChI is InChI=1S/C34H66N2/c1-2-4-7-11-15-19-27-35-29-22-26-34(32-35)24-18-14-10-6-8-12-16-20-28-36-30-21-25-33(31-36)23-17-13-9-5-3-1/h33-34H,1-32H2. The topological polar surface area (TPSA) is 6.48 Å². The molecule has 3 aliphatic rings. The molecule has 0 spiro atoms. The molecule has 4 atom stereocenters. The Hall–Kier alpha value is -0.0800. The highest BCUT2D eigenvalue weighted by molar-refractivity contribution is 4.74. The van der Waals surface area contributed by atoms with Gasteiger partial charge in [0, 0.05) is 13.1 Å². The molecule has 3 saturated heterocycles. The zero-order valence-electron chi connectivity index (χ0n) is 24.7. The molecule has 3 aliphatic heterocycles. The van der Waals surface area contributed by atoms with Crippen molar-refractivity contribution in [3.05, 3.63) is 0 Å². The summed E-state index contributed by atoms with van der Waals surface area (Å²) >= 11 is 0. The van der Waals surface area contributed by atoms with Crippen LogP contribution in [0, 0.1) is 11.8 Å². The van der Waals surface area contributed by atoms with E-state index in [9.17, 15) is 0 Å². The van der Waals surface area contributed by atoms with Crippen LogP contribution in [0.1, 0.15) is 167 Å². The van der Waals surface area contributed by atoms with Crippen LogP contribution in [0.3, 0.4) is 0 Å². The summed E-state index contributed by atoms with van der Waals surface area (Å²) in [6.07, 6.45) is 38.6. The lowest BCUT2D eigenvalue weighted by Gasteiger charge is -2.33. The van der Waals surface area contributed by atoms with E-state index in [2.05, 4.69) is 9.80 Å². The molecule has 3 rings (SSSR count). The van der Waals surface area contributed by atoms with Gasteiger partial charge in [0.05, 0.1) is 0 Å². The summed E-state index contributed by atoms with van der Waals surface area (Å²) in [6, 6.07) is 0. The Morgan fingerprint density at radius 2 is 0.500 bits per heavy atom. The molecular formula is C34H66N2. The van der Waals surface area contributed by atoms with Crippen LogP contribution in [0.4, 0.5) is 0 Å². The Kier molecular flexibility index (Phi) is 17.6. The minimum atomic E-state index is 1.01. The molecule has 0 amide bonds. The average Bonchev–Trinajstić information content (AvgIpc) is 2.90. The highest BCUT2D eigenvalue weighted by Gasteiger charge is 2.20. The van der Waals surface area contributed by atoms with Crippen LogP contribution in [0.5, 0.6) is 0 Å². The van der Waals surface area contributed by atoms with Crippen LogP contribution in [-0.4, -0.2) is 49.1 Å². The number of fused-ring (bicyclic) bond motifs is 4. The molecule has 36 heavy (non-hydrogen) atoms. The minimum Gasteiger partial charge on any atom is -0.303 e. The quantitative estimate of drug-likeness (QED) is 0.325. The first kappa shape index (κ1) is 30.5. The molecule has 4 bridgehead atoms. The smallest absolute Gasteiger partial charge is 0.000966 e. The third kappa shape index (κ3) is 14.8. The molecule has 212 valence electrons. The molecule has 0 N–H and O–H groups in total. The van der Waals surface area contributed by atoms with Crippen LogP contribution in [0.2, 0.25) is 0 Å². The SMILES string of the molecule is C1CCCCCCCN2CCCC(CCCCCCCCCCN3CCCC(CCCCCC1)C3)C2. The summed E-state index contributed by atoms with van der Waals surface area (Å²) in [6.45, 7) is 8.37. The van der Waals surface area contributed by atoms with E-state index >= 15 is 0 Å². The Labute approximate surface area is 227 Å². The van der Waals surface area contributed by atoms with Crippen molar-refractivity contribution in [1.82, 2.24) is 9.80 Å². The molecule has 3 fully saturated rings. The van der Waals surface area contributed by atoms with Gasteiger partial charge in [-0.25, -0.2) is 0 Å². The van der Waals surface area contributed by atoms with E-state index in [1.165, 1.54) is 206 Å². The molecule has 2 heteroatoms. The van der Waals surface area contributed by atoms with Gasteiger partial charge in [-0.3, -0.25) is 0 Å². The number of nitrogens with zero attached hydrogens (tertiary/aromatic N) is 2. The molecule has 3 heterocycles. The maximum Gasteiger partial charge on any atom is 0.000966 e. The van der Waals surface area contributed by atoms with Crippen LogP contribution in [0.15, 0.2) is 0 Å². The van der Waals surface area contributed by atoms with Gasteiger partial charge in [-0.2, -0.15) is 0 Å². The van der Waals surface area contributed by atoms with Crippen molar-refractivity contribution in [2.24, 2.45) is 11.8 Å². The highest BCUT2D eigenvalue weighted by atomic mass is 15.1. The van der Waals surface area contributed by atoms with E-state index in [-0.39, 0.29) is 0 Å². The molecule has 0 radical (unpaired) electrons. The summed E-state index contributed by atoms with van der Waals surface area (Å²) in [5, 5.41) is 0. The maximum atomic E-state index is 2.82. The largest absolute Gasteiger partial charge is 0.303 e. The molecule has 0 aromatic heterocycles. The molecular weight excluding hydrogens is 436 g/mol. The molecule has 0 aliphatic carbocycles. The van der Waals surface area contributed by atoms with E-state index < -0.39 is 0 Å². The second-order valence-corrected chi connectivity index (χ2v) is 13.3. The van der Waals surface area contributed by atoms with E-state index in [1.807, 2.05) is 0 Å². The van der Waals surface area contributed by atoms with E-state index in [0.717, 1.165) is 11.8 Å². The number of hydrogen-bond donors (Lipinski definition) is 0. The van der Waals surface area contributed by atoms with Crippen molar-refractivity contribution in [2.75, 3.05) is 39.3 Å². The fraction of sp³-hybridized carbons (Fsp3) is 1.00. The lowest BCUT2D eigenvalue weighted by Crippen LogP contribution is -2.36. The van der Waals surface area contributed by atoms with Crippen molar-refractivity contribution in [3.63, 3.8) is 0 Å². The first-order valence-corrected chi connectivity index (χ1v) is 17.3. The summed E-state index contributed by atoms with van der Waals surface area (Å²) in [4.78, 5) is 5.64. The highest BCUT2D eigenvalue weighted by Crippen LogP contribution is 2.25. The Morgan fingerprint density at radius 3 is 0.861 bits per heavy atom. The normalized spacial score (nSPS) is 33.3. The van der Waals surface area contributed by atoms with Gasteiger partial charge in [0.1, 0.15) is 0 Å². The summed E-state index contributed by atoms with van der Waals surface area (Å²) in [5.41, 5.74) is 0. The molecule has 2 nitrogen and oxygen atoms in total. The second-order valence-electron chi connectivity index (χ2n) is 13.3. The zero-order valence-corrected chi connectivity index (χ0v) is 24.7. The Balaban J connectivity index is 1.29. The minimum absolute atomic E-state index is 1.01.